The van der Waals surface area contributed by atoms with E-state index in [-0.39, 0.29) is 0 Å². The van der Waals surface area contributed by atoms with Crippen LogP contribution in [0, 0.1) is 0 Å². The van der Waals surface area contributed by atoms with Crippen molar-refractivity contribution in [1.29, 1.82) is 0 Å². The van der Waals surface area contributed by atoms with Gasteiger partial charge >= 0.3 is 0 Å². The molecule has 0 amide bonds. The smallest absolute Gasteiger partial charge is 0.151 e. The largest absolute Gasteiger partial charge is 0.325 e. The first-order chi connectivity index (χ1) is 9.38. The summed E-state index contributed by atoms with van der Waals surface area (Å²) in [5, 5.41) is 3.11. The number of aromatic nitrogens is 2. The van der Waals surface area contributed by atoms with Gasteiger partial charge in [-0.15, -0.1) is 0 Å². The summed E-state index contributed by atoms with van der Waals surface area (Å²) < 4.78 is 0. The normalized spacial score (nSPS) is 14.3. The van der Waals surface area contributed by atoms with E-state index < -0.39 is 0 Å². The van der Waals surface area contributed by atoms with Gasteiger partial charge in [0, 0.05) is 25.0 Å². The lowest BCUT2D eigenvalue weighted by molar-refractivity contribution is 0.744. The molecule has 1 aliphatic rings. The summed E-state index contributed by atoms with van der Waals surface area (Å²) in [5.41, 5.74) is 3.64. The molecule has 2 heterocycles. The van der Waals surface area contributed by atoms with Crippen LogP contribution in [0.5, 0.6) is 0 Å². The monoisotopic (exact) mass is 254 g/mol. The number of benzene rings is 1. The standard InChI is InChI=1S/C15H18N4/c1-16-9-13-10-17-11-15(18-13)19-8-4-6-12-5-2-3-7-14(12)19/h2-3,5,7,10-11,16H,4,6,8-9H2,1H3. The molecule has 1 aliphatic heterocycles. The summed E-state index contributed by atoms with van der Waals surface area (Å²) >= 11 is 0. The summed E-state index contributed by atoms with van der Waals surface area (Å²) in [5.74, 6) is 0.944. The summed E-state index contributed by atoms with van der Waals surface area (Å²) in [6.07, 6.45) is 5.97. The second-order valence-corrected chi connectivity index (χ2v) is 4.78. The van der Waals surface area contributed by atoms with E-state index >= 15 is 0 Å². The lowest BCUT2D eigenvalue weighted by Gasteiger charge is -2.30. The Balaban J connectivity index is 1.97. The molecule has 4 heteroatoms. The van der Waals surface area contributed by atoms with Gasteiger partial charge in [0.1, 0.15) is 0 Å². The van der Waals surface area contributed by atoms with Gasteiger partial charge in [0.25, 0.3) is 0 Å². The number of hydrogen-bond donors (Lipinski definition) is 1. The van der Waals surface area contributed by atoms with Gasteiger partial charge in [-0.25, -0.2) is 4.98 Å². The van der Waals surface area contributed by atoms with Crippen LogP contribution in [0.3, 0.4) is 0 Å². The van der Waals surface area contributed by atoms with Crippen LogP contribution >= 0.6 is 0 Å². The Labute approximate surface area is 113 Å². The van der Waals surface area contributed by atoms with Gasteiger partial charge < -0.3 is 10.2 Å². The average molecular weight is 254 g/mol. The van der Waals surface area contributed by atoms with Crippen molar-refractivity contribution in [3.63, 3.8) is 0 Å². The number of nitrogens with zero attached hydrogens (tertiary/aromatic N) is 3. The van der Waals surface area contributed by atoms with Crippen LogP contribution in [0.15, 0.2) is 36.7 Å². The van der Waals surface area contributed by atoms with Crippen LogP contribution in [-0.4, -0.2) is 23.6 Å². The molecule has 0 atom stereocenters. The Hall–Kier alpha value is -1.94. The van der Waals surface area contributed by atoms with Gasteiger partial charge in [-0.2, -0.15) is 0 Å². The molecule has 3 rings (SSSR count). The minimum absolute atomic E-state index is 0.746. The maximum absolute atomic E-state index is 4.69. The zero-order valence-electron chi connectivity index (χ0n) is 11.1. The molecule has 0 radical (unpaired) electrons. The predicted molar refractivity (Wildman–Crippen MR) is 76.6 cm³/mol. The highest BCUT2D eigenvalue weighted by molar-refractivity contribution is 5.64. The van der Waals surface area contributed by atoms with Crippen LogP contribution in [0.25, 0.3) is 0 Å². The van der Waals surface area contributed by atoms with E-state index in [0.717, 1.165) is 37.4 Å². The van der Waals surface area contributed by atoms with Crippen molar-refractivity contribution in [3.8, 4) is 0 Å². The highest BCUT2D eigenvalue weighted by atomic mass is 15.2. The third-order valence-electron chi connectivity index (χ3n) is 3.42. The van der Waals surface area contributed by atoms with E-state index in [1.807, 2.05) is 19.4 Å². The molecule has 1 aromatic heterocycles. The molecular weight excluding hydrogens is 236 g/mol. The number of para-hydroxylation sites is 1. The molecule has 0 spiro atoms. The van der Waals surface area contributed by atoms with Gasteiger partial charge in [0.2, 0.25) is 0 Å². The van der Waals surface area contributed by atoms with Crippen molar-refractivity contribution >= 4 is 11.5 Å². The number of aryl methyl sites for hydroxylation is 1. The molecule has 98 valence electrons. The Bertz CT molecular complexity index is 568. The molecule has 4 nitrogen and oxygen atoms in total. The van der Waals surface area contributed by atoms with Crippen molar-refractivity contribution in [1.82, 2.24) is 15.3 Å². The molecular formula is C15H18N4. The molecule has 1 N–H and O–H groups in total. The Morgan fingerprint density at radius 2 is 2.16 bits per heavy atom. The number of rotatable bonds is 3. The van der Waals surface area contributed by atoms with E-state index in [1.165, 1.54) is 11.3 Å². The summed E-state index contributed by atoms with van der Waals surface area (Å²) in [4.78, 5) is 11.3. The fraction of sp³-hybridized carbons (Fsp3) is 0.333. The van der Waals surface area contributed by atoms with Crippen LogP contribution < -0.4 is 10.2 Å². The fourth-order valence-corrected chi connectivity index (χ4v) is 2.56. The summed E-state index contributed by atoms with van der Waals surface area (Å²) in [7, 11) is 1.92. The number of nitrogens with one attached hydrogen (secondary N) is 1. The van der Waals surface area contributed by atoms with Crippen molar-refractivity contribution in [2.24, 2.45) is 0 Å². The average Bonchev–Trinajstić information content (AvgIpc) is 2.47. The first-order valence-corrected chi connectivity index (χ1v) is 6.69. The van der Waals surface area contributed by atoms with Crippen LogP contribution in [-0.2, 0) is 13.0 Å². The van der Waals surface area contributed by atoms with Gasteiger partial charge in [-0.05, 0) is 31.5 Å². The third kappa shape index (κ3) is 2.44. The third-order valence-corrected chi connectivity index (χ3v) is 3.42. The lowest BCUT2D eigenvalue weighted by Crippen LogP contribution is -2.25. The molecule has 0 aliphatic carbocycles. The van der Waals surface area contributed by atoms with Crippen LogP contribution in [0.4, 0.5) is 11.5 Å². The zero-order chi connectivity index (χ0) is 13.1. The Kier molecular flexibility index (Phi) is 3.42. The Morgan fingerprint density at radius 3 is 3.05 bits per heavy atom. The van der Waals surface area contributed by atoms with E-state index in [2.05, 4.69) is 44.5 Å². The maximum Gasteiger partial charge on any atom is 0.151 e. The molecule has 2 aromatic rings. The van der Waals surface area contributed by atoms with E-state index in [1.54, 1.807) is 0 Å². The Morgan fingerprint density at radius 1 is 1.26 bits per heavy atom. The topological polar surface area (TPSA) is 41.1 Å². The van der Waals surface area contributed by atoms with Gasteiger partial charge in [-0.1, -0.05) is 18.2 Å². The fourth-order valence-electron chi connectivity index (χ4n) is 2.56. The van der Waals surface area contributed by atoms with Crippen molar-refractivity contribution < 1.29 is 0 Å². The number of anilines is 2. The van der Waals surface area contributed by atoms with Gasteiger partial charge in [0.05, 0.1) is 11.9 Å². The van der Waals surface area contributed by atoms with E-state index in [9.17, 15) is 0 Å². The second kappa shape index (κ2) is 5.36. The predicted octanol–water partition coefficient (Wildman–Crippen LogP) is 2.28. The lowest BCUT2D eigenvalue weighted by atomic mass is 10.0. The molecule has 19 heavy (non-hydrogen) atoms. The minimum atomic E-state index is 0.746. The quantitative estimate of drug-likeness (QED) is 0.912. The molecule has 0 bridgehead atoms. The van der Waals surface area contributed by atoms with Crippen molar-refractivity contribution in [2.75, 3.05) is 18.5 Å². The number of fused-ring (bicyclic) bond motifs is 1. The summed E-state index contributed by atoms with van der Waals surface area (Å²) in [6, 6.07) is 8.56. The van der Waals surface area contributed by atoms with Crippen molar-refractivity contribution in [3.05, 3.63) is 47.9 Å². The zero-order valence-corrected chi connectivity index (χ0v) is 11.1. The van der Waals surface area contributed by atoms with Crippen LogP contribution in [0.2, 0.25) is 0 Å². The second-order valence-electron chi connectivity index (χ2n) is 4.78. The van der Waals surface area contributed by atoms with E-state index in [4.69, 9.17) is 0 Å². The van der Waals surface area contributed by atoms with Crippen molar-refractivity contribution in [2.45, 2.75) is 19.4 Å². The van der Waals surface area contributed by atoms with Gasteiger partial charge in [-0.3, -0.25) is 4.98 Å². The highest BCUT2D eigenvalue weighted by Crippen LogP contribution is 2.31. The SMILES string of the molecule is CNCc1cncc(N2CCCc3ccccc32)n1. The molecule has 0 fully saturated rings. The van der Waals surface area contributed by atoms with Crippen LogP contribution in [0.1, 0.15) is 17.7 Å². The molecule has 0 unspecified atom stereocenters. The molecule has 0 saturated carbocycles. The van der Waals surface area contributed by atoms with E-state index in [0.29, 0.717) is 0 Å². The molecule has 1 aromatic carbocycles. The summed E-state index contributed by atoms with van der Waals surface area (Å²) in [6.45, 7) is 1.75. The first-order valence-electron chi connectivity index (χ1n) is 6.69. The number of hydrogen-bond acceptors (Lipinski definition) is 4. The minimum Gasteiger partial charge on any atom is -0.325 e. The maximum atomic E-state index is 4.69. The first kappa shape index (κ1) is 12.1. The molecule has 0 saturated heterocycles. The van der Waals surface area contributed by atoms with Gasteiger partial charge in [0.15, 0.2) is 5.82 Å². The highest BCUT2D eigenvalue weighted by Gasteiger charge is 2.18.